The number of thiazole rings is 1. The SMILES string of the molecule is O=C(NCc1ncc(C(=O)N2CCCC(C(=O)O)C2)s1)OCC1c2ccccc2-c2ccccc21. The summed E-state index contributed by atoms with van der Waals surface area (Å²) < 4.78 is 5.54. The van der Waals surface area contributed by atoms with Gasteiger partial charge in [-0.3, -0.25) is 9.59 Å². The van der Waals surface area contributed by atoms with Crippen LogP contribution in [-0.2, 0) is 16.1 Å². The summed E-state index contributed by atoms with van der Waals surface area (Å²) in [6.45, 7) is 1.11. The lowest BCUT2D eigenvalue weighted by Gasteiger charge is -2.30. The van der Waals surface area contributed by atoms with Crippen molar-refractivity contribution < 1.29 is 24.2 Å². The molecule has 1 aliphatic carbocycles. The second kappa shape index (κ2) is 9.87. The van der Waals surface area contributed by atoms with Gasteiger partial charge in [-0.2, -0.15) is 0 Å². The molecule has 0 spiro atoms. The van der Waals surface area contributed by atoms with E-state index in [1.54, 1.807) is 4.90 Å². The van der Waals surface area contributed by atoms with Gasteiger partial charge in [0, 0.05) is 19.0 Å². The van der Waals surface area contributed by atoms with Crippen LogP contribution in [0.25, 0.3) is 11.1 Å². The summed E-state index contributed by atoms with van der Waals surface area (Å²) >= 11 is 1.19. The lowest BCUT2D eigenvalue weighted by atomic mass is 9.98. The fourth-order valence-corrected chi connectivity index (χ4v) is 5.63. The van der Waals surface area contributed by atoms with Gasteiger partial charge >= 0.3 is 12.1 Å². The van der Waals surface area contributed by atoms with Gasteiger partial charge in [-0.05, 0) is 35.1 Å². The largest absolute Gasteiger partial charge is 0.481 e. The number of amides is 2. The van der Waals surface area contributed by atoms with E-state index in [0.717, 1.165) is 11.1 Å². The topological polar surface area (TPSA) is 109 Å². The zero-order chi connectivity index (χ0) is 24.4. The van der Waals surface area contributed by atoms with Crippen molar-refractivity contribution in [3.8, 4) is 11.1 Å². The number of nitrogens with zero attached hydrogens (tertiary/aromatic N) is 2. The minimum atomic E-state index is -0.875. The molecule has 2 heterocycles. The lowest BCUT2D eigenvalue weighted by Crippen LogP contribution is -2.42. The maximum Gasteiger partial charge on any atom is 0.407 e. The van der Waals surface area contributed by atoms with Gasteiger partial charge in [-0.1, -0.05) is 48.5 Å². The molecule has 0 bridgehead atoms. The molecule has 0 radical (unpaired) electrons. The number of rotatable bonds is 6. The number of carboxylic acids is 1. The van der Waals surface area contributed by atoms with Crippen LogP contribution in [0, 0.1) is 5.92 Å². The predicted octanol–water partition coefficient (Wildman–Crippen LogP) is 4.12. The van der Waals surface area contributed by atoms with Crippen LogP contribution in [0.15, 0.2) is 54.7 Å². The maximum atomic E-state index is 12.8. The van der Waals surface area contributed by atoms with Gasteiger partial charge in [-0.15, -0.1) is 11.3 Å². The van der Waals surface area contributed by atoms with Crippen LogP contribution in [0.1, 0.15) is 44.6 Å². The molecule has 1 unspecified atom stereocenters. The van der Waals surface area contributed by atoms with Crippen molar-refractivity contribution in [2.75, 3.05) is 19.7 Å². The van der Waals surface area contributed by atoms with E-state index in [-0.39, 0.29) is 31.5 Å². The van der Waals surface area contributed by atoms with E-state index < -0.39 is 18.0 Å². The highest BCUT2D eigenvalue weighted by Gasteiger charge is 2.30. The number of alkyl carbamates (subject to hydrolysis) is 1. The number of aliphatic carboxylic acids is 1. The number of fused-ring (bicyclic) bond motifs is 3. The van der Waals surface area contributed by atoms with Crippen molar-refractivity contribution in [2.24, 2.45) is 5.92 Å². The van der Waals surface area contributed by atoms with Gasteiger partial charge in [-0.25, -0.2) is 9.78 Å². The molecule has 1 fully saturated rings. The molecular weight excluding hydrogens is 466 g/mol. The summed E-state index contributed by atoms with van der Waals surface area (Å²) in [4.78, 5) is 42.7. The molecule has 9 heteroatoms. The van der Waals surface area contributed by atoms with Crippen LogP contribution in [0.5, 0.6) is 0 Å². The van der Waals surface area contributed by atoms with Gasteiger partial charge in [0.2, 0.25) is 0 Å². The molecule has 0 saturated carbocycles. The Balaban J connectivity index is 1.15. The summed E-state index contributed by atoms with van der Waals surface area (Å²) in [5.41, 5.74) is 4.63. The van der Waals surface area contributed by atoms with Crippen molar-refractivity contribution in [3.05, 3.63) is 75.7 Å². The molecule has 1 aromatic heterocycles. The van der Waals surface area contributed by atoms with Crippen LogP contribution in [0.3, 0.4) is 0 Å². The highest BCUT2D eigenvalue weighted by molar-refractivity contribution is 7.13. The second-order valence-electron chi connectivity index (χ2n) is 8.73. The number of nitrogens with one attached hydrogen (secondary N) is 1. The average molecular weight is 492 g/mol. The van der Waals surface area contributed by atoms with Crippen LogP contribution in [0.2, 0.25) is 0 Å². The van der Waals surface area contributed by atoms with Crippen LogP contribution in [-0.4, -0.2) is 52.7 Å². The molecule has 2 N–H and O–H groups in total. The third kappa shape index (κ3) is 4.77. The molecular formula is C26H25N3O5S. The first-order chi connectivity index (χ1) is 17.0. The van der Waals surface area contributed by atoms with Crippen molar-refractivity contribution in [3.63, 3.8) is 0 Å². The molecule has 180 valence electrons. The second-order valence-corrected chi connectivity index (χ2v) is 9.84. The van der Waals surface area contributed by atoms with E-state index in [1.807, 2.05) is 24.3 Å². The maximum absolute atomic E-state index is 12.8. The molecule has 1 atom stereocenters. The zero-order valence-electron chi connectivity index (χ0n) is 19.0. The fraction of sp³-hybridized carbons (Fsp3) is 0.308. The summed E-state index contributed by atoms with van der Waals surface area (Å²) in [5.74, 6) is -1.65. The number of carboxylic acid groups (broad SMARTS) is 1. The molecule has 2 aromatic carbocycles. The minimum absolute atomic E-state index is 0.0172. The van der Waals surface area contributed by atoms with Gasteiger partial charge in [0.15, 0.2) is 0 Å². The first-order valence-corrected chi connectivity index (χ1v) is 12.4. The first-order valence-electron chi connectivity index (χ1n) is 11.6. The number of likely N-dealkylation sites (tertiary alicyclic amines) is 1. The van der Waals surface area contributed by atoms with Crippen LogP contribution in [0.4, 0.5) is 4.79 Å². The molecule has 1 aliphatic heterocycles. The lowest BCUT2D eigenvalue weighted by molar-refractivity contribution is -0.143. The van der Waals surface area contributed by atoms with Crippen molar-refractivity contribution in [1.82, 2.24) is 15.2 Å². The van der Waals surface area contributed by atoms with E-state index in [1.165, 1.54) is 28.7 Å². The normalized spacial score (nSPS) is 16.9. The number of aromatic nitrogens is 1. The Hall–Kier alpha value is -3.72. The average Bonchev–Trinajstić information content (AvgIpc) is 3.49. The van der Waals surface area contributed by atoms with Crippen molar-refractivity contribution >= 4 is 29.3 Å². The van der Waals surface area contributed by atoms with E-state index in [0.29, 0.717) is 29.3 Å². The molecule has 8 nitrogen and oxygen atoms in total. The van der Waals surface area contributed by atoms with Gasteiger partial charge in [0.25, 0.3) is 5.91 Å². The fourth-order valence-electron chi connectivity index (χ4n) is 4.81. The highest BCUT2D eigenvalue weighted by Crippen LogP contribution is 2.44. The number of benzene rings is 2. The van der Waals surface area contributed by atoms with E-state index in [9.17, 15) is 19.5 Å². The van der Waals surface area contributed by atoms with Gasteiger partial charge < -0.3 is 20.1 Å². The highest BCUT2D eigenvalue weighted by atomic mass is 32.1. The molecule has 5 rings (SSSR count). The van der Waals surface area contributed by atoms with Gasteiger partial charge in [0.1, 0.15) is 16.5 Å². The summed E-state index contributed by atoms with van der Waals surface area (Å²) in [6, 6.07) is 16.3. The Labute approximate surface area is 206 Å². The van der Waals surface area contributed by atoms with E-state index in [2.05, 4.69) is 34.6 Å². The third-order valence-electron chi connectivity index (χ3n) is 6.55. The molecule has 2 aliphatic rings. The number of hydrogen-bond acceptors (Lipinski definition) is 6. The predicted molar refractivity (Wildman–Crippen MR) is 130 cm³/mol. The number of carbonyl (C=O) groups excluding carboxylic acids is 2. The van der Waals surface area contributed by atoms with Crippen molar-refractivity contribution in [2.45, 2.75) is 25.3 Å². The number of piperidine rings is 1. The number of ether oxygens (including phenoxy) is 1. The monoisotopic (exact) mass is 491 g/mol. The van der Waals surface area contributed by atoms with Crippen LogP contribution < -0.4 is 5.32 Å². The zero-order valence-corrected chi connectivity index (χ0v) is 19.8. The van der Waals surface area contributed by atoms with Crippen molar-refractivity contribution in [1.29, 1.82) is 0 Å². The summed E-state index contributed by atoms with van der Waals surface area (Å²) in [6.07, 6.45) is 2.18. The Kier molecular flexibility index (Phi) is 6.50. The Morgan fingerprint density at radius 3 is 2.46 bits per heavy atom. The molecule has 35 heavy (non-hydrogen) atoms. The number of carbonyl (C=O) groups is 3. The summed E-state index contributed by atoms with van der Waals surface area (Å²) in [7, 11) is 0. The molecule has 3 aromatic rings. The quantitative estimate of drug-likeness (QED) is 0.537. The van der Waals surface area contributed by atoms with E-state index >= 15 is 0 Å². The Bertz CT molecular complexity index is 1230. The molecule has 2 amide bonds. The van der Waals surface area contributed by atoms with Crippen LogP contribution >= 0.6 is 11.3 Å². The smallest absolute Gasteiger partial charge is 0.407 e. The Morgan fingerprint density at radius 1 is 1.09 bits per heavy atom. The summed E-state index contributed by atoms with van der Waals surface area (Å²) in [5, 5.41) is 12.5. The minimum Gasteiger partial charge on any atom is -0.481 e. The van der Waals surface area contributed by atoms with E-state index in [4.69, 9.17) is 4.74 Å². The molecule has 1 saturated heterocycles. The first kappa shape index (κ1) is 23.0. The van der Waals surface area contributed by atoms with Gasteiger partial charge in [0.05, 0.1) is 18.7 Å². The third-order valence-corrected chi connectivity index (χ3v) is 7.54. The Morgan fingerprint density at radius 2 is 1.77 bits per heavy atom. The standard InChI is InChI=1S/C26H25N3O5S/c30-24(29-11-5-6-16(14-29)25(31)32)22-12-27-23(35-22)13-28-26(33)34-15-21-19-9-3-1-7-17(19)18-8-2-4-10-20(18)21/h1-4,7-10,12,16,21H,5-6,11,13-15H2,(H,28,33)(H,31,32). The number of hydrogen-bond donors (Lipinski definition) is 2.